The van der Waals surface area contributed by atoms with Crippen LogP contribution in [-0.4, -0.2) is 47.9 Å². The standard InChI is InChI=1S/C11H13BrN2O5/c1-14(5-4-10(16)17)9(15)6-13-11(18)7-2-3-8(12)19-7/h2-3H,4-6H2,1H3,(H,13,18)(H,16,17). The fourth-order valence-corrected chi connectivity index (χ4v) is 1.51. The summed E-state index contributed by atoms with van der Waals surface area (Å²) in [6.07, 6.45) is -0.138. The molecule has 8 heteroatoms. The van der Waals surface area contributed by atoms with Gasteiger partial charge in [-0.25, -0.2) is 0 Å². The zero-order valence-corrected chi connectivity index (χ0v) is 11.8. The number of nitrogens with one attached hydrogen (secondary N) is 1. The van der Waals surface area contributed by atoms with Crippen LogP contribution < -0.4 is 5.32 Å². The SMILES string of the molecule is CN(CCC(=O)O)C(=O)CNC(=O)c1ccc(Br)o1. The van der Waals surface area contributed by atoms with Crippen molar-refractivity contribution in [1.82, 2.24) is 10.2 Å². The highest BCUT2D eigenvalue weighted by Crippen LogP contribution is 2.13. The Balaban J connectivity index is 2.37. The van der Waals surface area contributed by atoms with E-state index in [0.29, 0.717) is 4.67 Å². The number of carboxylic acid groups (broad SMARTS) is 1. The van der Waals surface area contributed by atoms with Crippen LogP contribution in [0.1, 0.15) is 17.0 Å². The number of hydrogen-bond donors (Lipinski definition) is 2. The molecule has 0 atom stereocenters. The second-order valence-electron chi connectivity index (χ2n) is 3.75. The van der Waals surface area contributed by atoms with Crippen LogP contribution in [0.25, 0.3) is 0 Å². The minimum atomic E-state index is -0.982. The van der Waals surface area contributed by atoms with Gasteiger partial charge in [-0.2, -0.15) is 0 Å². The number of rotatable bonds is 6. The topological polar surface area (TPSA) is 99.9 Å². The van der Waals surface area contributed by atoms with E-state index in [1.54, 1.807) is 6.07 Å². The van der Waals surface area contributed by atoms with Gasteiger partial charge in [0.2, 0.25) is 5.91 Å². The smallest absolute Gasteiger partial charge is 0.305 e. The van der Waals surface area contributed by atoms with Crippen molar-refractivity contribution in [2.24, 2.45) is 0 Å². The van der Waals surface area contributed by atoms with Gasteiger partial charge < -0.3 is 19.7 Å². The lowest BCUT2D eigenvalue weighted by Gasteiger charge is -2.15. The molecule has 0 saturated heterocycles. The molecule has 2 amide bonds. The first-order valence-corrected chi connectivity index (χ1v) is 6.18. The number of halogens is 1. The number of likely N-dealkylation sites (N-methyl/N-ethyl adjacent to an activating group) is 1. The van der Waals surface area contributed by atoms with Crippen LogP contribution in [0, 0.1) is 0 Å². The van der Waals surface area contributed by atoms with Gasteiger partial charge in [-0.3, -0.25) is 14.4 Å². The van der Waals surface area contributed by atoms with E-state index in [0.717, 1.165) is 0 Å². The second-order valence-corrected chi connectivity index (χ2v) is 4.53. The lowest BCUT2D eigenvalue weighted by atomic mass is 10.3. The molecule has 104 valence electrons. The van der Waals surface area contributed by atoms with E-state index in [9.17, 15) is 14.4 Å². The highest BCUT2D eigenvalue weighted by molar-refractivity contribution is 9.10. The first kappa shape index (κ1) is 15.2. The van der Waals surface area contributed by atoms with Crippen molar-refractivity contribution < 1.29 is 23.9 Å². The lowest BCUT2D eigenvalue weighted by Crippen LogP contribution is -2.38. The molecule has 1 aromatic rings. The van der Waals surface area contributed by atoms with Gasteiger partial charge in [0.05, 0.1) is 13.0 Å². The average Bonchev–Trinajstić information content (AvgIpc) is 2.79. The molecule has 0 aliphatic rings. The van der Waals surface area contributed by atoms with Gasteiger partial charge in [0.25, 0.3) is 5.91 Å². The molecule has 0 bridgehead atoms. The molecule has 0 aliphatic heterocycles. The Morgan fingerprint density at radius 1 is 1.42 bits per heavy atom. The van der Waals surface area contributed by atoms with Crippen LogP contribution in [0.15, 0.2) is 21.2 Å². The molecule has 1 heterocycles. The number of furan rings is 1. The van der Waals surface area contributed by atoms with E-state index in [2.05, 4.69) is 21.2 Å². The molecule has 1 rings (SSSR count). The van der Waals surface area contributed by atoms with E-state index >= 15 is 0 Å². The monoisotopic (exact) mass is 332 g/mol. The lowest BCUT2D eigenvalue weighted by molar-refractivity contribution is -0.138. The van der Waals surface area contributed by atoms with Crippen molar-refractivity contribution in [3.63, 3.8) is 0 Å². The number of amides is 2. The molecule has 0 saturated carbocycles. The van der Waals surface area contributed by atoms with Gasteiger partial charge in [-0.15, -0.1) is 0 Å². The highest BCUT2D eigenvalue weighted by Gasteiger charge is 2.14. The Hall–Kier alpha value is -1.83. The molecule has 7 nitrogen and oxygen atoms in total. The zero-order chi connectivity index (χ0) is 14.4. The van der Waals surface area contributed by atoms with Crippen LogP contribution >= 0.6 is 15.9 Å². The summed E-state index contributed by atoms with van der Waals surface area (Å²) in [5, 5.41) is 10.9. The Morgan fingerprint density at radius 3 is 2.63 bits per heavy atom. The number of carbonyl (C=O) groups excluding carboxylic acids is 2. The van der Waals surface area contributed by atoms with Crippen molar-refractivity contribution in [2.45, 2.75) is 6.42 Å². The molecule has 1 aromatic heterocycles. The fraction of sp³-hybridized carbons (Fsp3) is 0.364. The van der Waals surface area contributed by atoms with Gasteiger partial charge in [0, 0.05) is 13.6 Å². The molecule has 0 spiro atoms. The number of aliphatic carboxylic acids is 1. The maximum Gasteiger partial charge on any atom is 0.305 e. The van der Waals surface area contributed by atoms with Crippen LogP contribution in [0.5, 0.6) is 0 Å². The van der Waals surface area contributed by atoms with Gasteiger partial charge in [0.1, 0.15) is 0 Å². The second kappa shape index (κ2) is 6.93. The van der Waals surface area contributed by atoms with Crippen LogP contribution in [0.2, 0.25) is 0 Å². The Bertz CT molecular complexity index is 485. The van der Waals surface area contributed by atoms with E-state index in [1.165, 1.54) is 18.0 Å². The minimum absolute atomic E-state index is 0.0906. The van der Waals surface area contributed by atoms with Crippen molar-refractivity contribution >= 4 is 33.7 Å². The Labute approximate surface area is 117 Å². The predicted octanol–water partition coefficient (Wildman–Crippen LogP) is 0.705. The summed E-state index contributed by atoms with van der Waals surface area (Å²) in [7, 11) is 1.47. The quantitative estimate of drug-likeness (QED) is 0.798. The minimum Gasteiger partial charge on any atom is -0.481 e. The molecule has 0 aliphatic carbocycles. The first-order valence-electron chi connectivity index (χ1n) is 5.39. The zero-order valence-electron chi connectivity index (χ0n) is 10.2. The van der Waals surface area contributed by atoms with E-state index in [1.807, 2.05) is 0 Å². The van der Waals surface area contributed by atoms with Crippen molar-refractivity contribution in [1.29, 1.82) is 0 Å². The molecule has 2 N–H and O–H groups in total. The maximum atomic E-state index is 11.6. The summed E-state index contributed by atoms with van der Waals surface area (Å²) >= 11 is 3.06. The van der Waals surface area contributed by atoms with Crippen LogP contribution in [-0.2, 0) is 9.59 Å². The first-order chi connectivity index (χ1) is 8.90. The fourth-order valence-electron chi connectivity index (χ4n) is 1.20. The van der Waals surface area contributed by atoms with Gasteiger partial charge >= 0.3 is 5.97 Å². The third-order valence-electron chi connectivity index (χ3n) is 2.28. The molecule has 0 radical (unpaired) electrons. The Kier molecular flexibility index (Phi) is 5.56. The van der Waals surface area contributed by atoms with Crippen molar-refractivity contribution in [3.8, 4) is 0 Å². The van der Waals surface area contributed by atoms with E-state index in [4.69, 9.17) is 9.52 Å². The largest absolute Gasteiger partial charge is 0.481 e. The summed E-state index contributed by atoms with van der Waals surface area (Å²) in [6.45, 7) is -0.121. The molecular weight excluding hydrogens is 320 g/mol. The molecule has 0 fully saturated rings. The van der Waals surface area contributed by atoms with Crippen molar-refractivity contribution in [2.75, 3.05) is 20.1 Å². The normalized spacial score (nSPS) is 10.0. The average molecular weight is 333 g/mol. The third-order valence-corrected chi connectivity index (χ3v) is 2.71. The summed E-state index contributed by atoms with van der Waals surface area (Å²) in [4.78, 5) is 34.7. The molecule has 19 heavy (non-hydrogen) atoms. The van der Waals surface area contributed by atoms with E-state index < -0.39 is 11.9 Å². The number of hydrogen-bond acceptors (Lipinski definition) is 4. The molecular formula is C11H13BrN2O5. The highest BCUT2D eigenvalue weighted by atomic mass is 79.9. The van der Waals surface area contributed by atoms with Crippen molar-refractivity contribution in [3.05, 3.63) is 22.6 Å². The van der Waals surface area contributed by atoms with Gasteiger partial charge in [-0.1, -0.05) is 0 Å². The predicted molar refractivity (Wildman–Crippen MR) is 68.6 cm³/mol. The number of carboxylic acids is 1. The number of nitrogens with zero attached hydrogens (tertiary/aromatic N) is 1. The van der Waals surface area contributed by atoms with E-state index in [-0.39, 0.29) is 31.2 Å². The summed E-state index contributed by atoms with van der Waals surface area (Å²) in [5.74, 6) is -1.78. The summed E-state index contributed by atoms with van der Waals surface area (Å²) in [5.41, 5.74) is 0. The summed E-state index contributed by atoms with van der Waals surface area (Å²) in [6, 6.07) is 3.04. The number of carbonyl (C=O) groups is 3. The van der Waals surface area contributed by atoms with Crippen LogP contribution in [0.4, 0.5) is 0 Å². The molecule has 0 unspecified atom stereocenters. The Morgan fingerprint density at radius 2 is 2.11 bits per heavy atom. The third kappa shape index (κ3) is 5.12. The van der Waals surface area contributed by atoms with Crippen LogP contribution in [0.3, 0.4) is 0 Å². The van der Waals surface area contributed by atoms with Gasteiger partial charge in [-0.05, 0) is 28.1 Å². The summed E-state index contributed by atoms with van der Waals surface area (Å²) < 4.78 is 5.44. The van der Waals surface area contributed by atoms with Gasteiger partial charge in [0.15, 0.2) is 10.4 Å². The molecule has 0 aromatic carbocycles. The maximum absolute atomic E-state index is 11.6.